The van der Waals surface area contributed by atoms with Crippen molar-refractivity contribution >= 4 is 23.6 Å². The molecule has 0 fully saturated rings. The predicted molar refractivity (Wildman–Crippen MR) is 86.7 cm³/mol. The first kappa shape index (κ1) is 16.2. The minimum absolute atomic E-state index is 0.320. The van der Waals surface area contributed by atoms with Crippen LogP contribution in [-0.2, 0) is 0 Å². The minimum atomic E-state index is -4.74. The van der Waals surface area contributed by atoms with E-state index in [2.05, 4.69) is 19.8 Å². The highest BCUT2D eigenvalue weighted by molar-refractivity contribution is 6.32. The van der Waals surface area contributed by atoms with Gasteiger partial charge in [0.05, 0.1) is 6.26 Å². The van der Waals surface area contributed by atoms with Crippen molar-refractivity contribution in [1.29, 1.82) is 0 Å². The van der Waals surface area contributed by atoms with Crippen LogP contribution in [0.2, 0.25) is 0 Å². The molecule has 0 bridgehead atoms. The second kappa shape index (κ2) is 5.64. The van der Waals surface area contributed by atoms with Crippen LogP contribution in [0.3, 0.4) is 0 Å². The van der Waals surface area contributed by atoms with Gasteiger partial charge < -0.3 is 9.15 Å². The fourth-order valence-electron chi connectivity index (χ4n) is 2.47. The van der Waals surface area contributed by atoms with E-state index in [9.17, 15) is 13.2 Å². The SMILES string of the molecule is N[N+]12C=C(c3ccc(OC(F)(F)F)cc3)N=CC1=NC(c1ccco1)=N2. The Bertz CT molecular complexity index is 959. The molecule has 2 aliphatic rings. The first-order valence-electron chi connectivity index (χ1n) is 7.36. The van der Waals surface area contributed by atoms with E-state index in [1.807, 2.05) is 0 Å². The molecule has 1 aromatic heterocycles. The highest BCUT2D eigenvalue weighted by Gasteiger charge is 2.40. The molecule has 132 valence electrons. The lowest BCUT2D eigenvalue weighted by atomic mass is 10.1. The Kier molecular flexibility index (Phi) is 3.53. The molecule has 1 aromatic carbocycles. The van der Waals surface area contributed by atoms with Gasteiger partial charge in [0, 0.05) is 5.56 Å². The summed E-state index contributed by atoms with van der Waals surface area (Å²) in [6, 6.07) is 8.71. The molecule has 3 heterocycles. The van der Waals surface area contributed by atoms with Gasteiger partial charge in [-0.2, -0.15) is 4.99 Å². The van der Waals surface area contributed by atoms with Gasteiger partial charge in [-0.25, -0.2) is 4.99 Å². The van der Waals surface area contributed by atoms with E-state index in [1.165, 1.54) is 42.9 Å². The molecular formula is C16H11F3N5O2+. The van der Waals surface area contributed by atoms with Crippen molar-refractivity contribution in [3.05, 3.63) is 60.2 Å². The predicted octanol–water partition coefficient (Wildman–Crippen LogP) is 3.03. The topological polar surface area (TPSA) is 85.5 Å². The molecule has 2 aliphatic heterocycles. The maximum absolute atomic E-state index is 12.2. The molecule has 0 saturated carbocycles. The van der Waals surface area contributed by atoms with Crippen molar-refractivity contribution in [2.24, 2.45) is 20.9 Å². The molecule has 26 heavy (non-hydrogen) atoms. The van der Waals surface area contributed by atoms with Crippen LogP contribution >= 0.6 is 0 Å². The van der Waals surface area contributed by atoms with E-state index >= 15 is 0 Å². The number of nitrogens with zero attached hydrogens (tertiary/aromatic N) is 4. The average Bonchev–Trinajstić information content (AvgIpc) is 3.20. The lowest BCUT2D eigenvalue weighted by Gasteiger charge is -2.19. The Balaban J connectivity index is 1.62. The quantitative estimate of drug-likeness (QED) is 0.673. The lowest BCUT2D eigenvalue weighted by Crippen LogP contribution is -2.50. The van der Waals surface area contributed by atoms with Gasteiger partial charge in [0.2, 0.25) is 0 Å². The highest BCUT2D eigenvalue weighted by atomic mass is 19.4. The van der Waals surface area contributed by atoms with E-state index in [-0.39, 0.29) is 5.75 Å². The van der Waals surface area contributed by atoms with E-state index in [4.69, 9.17) is 10.3 Å². The Morgan fingerprint density at radius 2 is 1.88 bits per heavy atom. The Morgan fingerprint density at radius 3 is 2.54 bits per heavy atom. The summed E-state index contributed by atoms with van der Waals surface area (Å²) in [6.45, 7) is 0. The number of nitrogens with two attached hydrogens (primary N) is 1. The number of fused-ring (bicyclic) bond motifs is 1. The summed E-state index contributed by atoms with van der Waals surface area (Å²) in [7, 11) is 0. The number of hydrogen-bond donors (Lipinski definition) is 1. The van der Waals surface area contributed by atoms with Crippen LogP contribution in [0.5, 0.6) is 5.75 Å². The number of rotatable bonds is 3. The number of quaternary nitrogens is 1. The molecule has 10 heteroatoms. The highest BCUT2D eigenvalue weighted by Crippen LogP contribution is 2.29. The van der Waals surface area contributed by atoms with Crippen molar-refractivity contribution < 1.29 is 27.0 Å². The van der Waals surface area contributed by atoms with Crippen LogP contribution in [0.4, 0.5) is 13.2 Å². The molecular weight excluding hydrogens is 351 g/mol. The third-order valence-electron chi connectivity index (χ3n) is 3.61. The number of alkyl halides is 3. The summed E-state index contributed by atoms with van der Waals surface area (Å²) in [6.07, 6.45) is -0.256. The Hall–Kier alpha value is -3.24. The number of furan rings is 1. The third-order valence-corrected chi connectivity index (χ3v) is 3.61. The zero-order valence-corrected chi connectivity index (χ0v) is 13.0. The molecule has 0 radical (unpaired) electrons. The number of aliphatic imine (C=N–C) groups is 2. The second-order valence-corrected chi connectivity index (χ2v) is 5.45. The minimum Gasteiger partial charge on any atom is -0.461 e. The third kappa shape index (κ3) is 3.03. The summed E-state index contributed by atoms with van der Waals surface area (Å²) < 4.78 is 45.4. The number of halogens is 3. The van der Waals surface area contributed by atoms with Gasteiger partial charge in [-0.05, 0) is 46.2 Å². The van der Waals surface area contributed by atoms with Gasteiger partial charge >= 0.3 is 6.36 Å². The van der Waals surface area contributed by atoms with Gasteiger partial charge in [0.1, 0.15) is 17.7 Å². The van der Waals surface area contributed by atoms with Gasteiger partial charge in [-0.3, -0.25) is 0 Å². The van der Waals surface area contributed by atoms with Gasteiger partial charge in [-0.15, -0.1) is 19.0 Å². The van der Waals surface area contributed by atoms with Crippen LogP contribution in [-0.4, -0.2) is 28.9 Å². The Morgan fingerprint density at radius 1 is 1.12 bits per heavy atom. The monoisotopic (exact) mass is 362 g/mol. The van der Waals surface area contributed by atoms with Crippen LogP contribution in [0, 0.1) is 0 Å². The van der Waals surface area contributed by atoms with Crippen molar-refractivity contribution in [3.63, 3.8) is 0 Å². The maximum Gasteiger partial charge on any atom is 0.573 e. The zero-order chi connectivity index (χ0) is 18.4. The van der Waals surface area contributed by atoms with Crippen LogP contribution in [0.15, 0.2) is 68.4 Å². The van der Waals surface area contributed by atoms with Crippen LogP contribution < -0.4 is 10.6 Å². The van der Waals surface area contributed by atoms with Gasteiger partial charge in [0.15, 0.2) is 12.0 Å². The number of ether oxygens (including phenoxy) is 1. The number of benzene rings is 1. The summed E-state index contributed by atoms with van der Waals surface area (Å²) in [5.74, 6) is 7.09. The van der Waals surface area contributed by atoms with Gasteiger partial charge in [0.25, 0.3) is 11.7 Å². The number of hydrogen-bond acceptors (Lipinski definition) is 6. The van der Waals surface area contributed by atoms with E-state index in [1.54, 1.807) is 12.1 Å². The zero-order valence-electron chi connectivity index (χ0n) is 13.0. The van der Waals surface area contributed by atoms with E-state index < -0.39 is 11.1 Å². The van der Waals surface area contributed by atoms with Crippen LogP contribution in [0.1, 0.15) is 11.3 Å². The summed E-state index contributed by atoms with van der Waals surface area (Å²) in [5.41, 5.74) is 0.994. The van der Waals surface area contributed by atoms with E-state index in [0.717, 1.165) is 0 Å². The molecule has 0 saturated heterocycles. The molecule has 2 N–H and O–H groups in total. The molecule has 7 nitrogen and oxygen atoms in total. The fourth-order valence-corrected chi connectivity index (χ4v) is 2.47. The molecule has 4 rings (SSSR count). The molecule has 2 aromatic rings. The molecule has 0 spiro atoms. The second-order valence-electron chi connectivity index (χ2n) is 5.45. The normalized spacial score (nSPS) is 21.8. The molecule has 1 unspecified atom stereocenters. The largest absolute Gasteiger partial charge is 0.573 e. The van der Waals surface area contributed by atoms with E-state index in [0.29, 0.717) is 28.7 Å². The van der Waals surface area contributed by atoms with Crippen LogP contribution in [0.25, 0.3) is 5.70 Å². The first-order chi connectivity index (χ1) is 12.3. The lowest BCUT2D eigenvalue weighted by molar-refractivity contribution is -0.802. The van der Waals surface area contributed by atoms with Crippen molar-refractivity contribution in [3.8, 4) is 5.75 Å². The average molecular weight is 362 g/mol. The maximum atomic E-state index is 12.2. The number of amidine groups is 2. The molecule has 1 atom stereocenters. The molecule has 0 amide bonds. The fraction of sp³-hybridized carbons (Fsp3) is 0.0625. The summed E-state index contributed by atoms with van der Waals surface area (Å²) in [5, 5.41) is 4.32. The summed E-state index contributed by atoms with van der Waals surface area (Å²) >= 11 is 0. The van der Waals surface area contributed by atoms with Crippen molar-refractivity contribution in [1.82, 2.24) is 0 Å². The van der Waals surface area contributed by atoms with Crippen molar-refractivity contribution in [2.75, 3.05) is 0 Å². The Labute approximate surface area is 144 Å². The standard InChI is InChI=1S/C16H11F3N5O2/c17-16(18,19)26-11-5-3-10(4-6-11)12-9-24(20)14(8-21-12)22-15(23-24)13-2-1-7-25-13/h1-9H,20H2/q+1. The van der Waals surface area contributed by atoms with Gasteiger partial charge in [-0.1, -0.05) is 0 Å². The smallest absolute Gasteiger partial charge is 0.461 e. The summed E-state index contributed by atoms with van der Waals surface area (Å²) in [4.78, 5) is 8.54. The van der Waals surface area contributed by atoms with Crippen molar-refractivity contribution in [2.45, 2.75) is 6.36 Å². The first-order valence-corrected chi connectivity index (χ1v) is 7.36. The molecule has 0 aliphatic carbocycles.